The third-order valence-electron chi connectivity index (χ3n) is 5.11. The van der Waals surface area contributed by atoms with Gasteiger partial charge in [-0.25, -0.2) is 0 Å². The van der Waals surface area contributed by atoms with Crippen LogP contribution in [0.2, 0.25) is 5.54 Å². The van der Waals surface area contributed by atoms with Gasteiger partial charge in [0.05, 0.1) is 0 Å². The predicted molar refractivity (Wildman–Crippen MR) is 107 cm³/mol. The molecule has 3 atom stereocenters. The average Bonchev–Trinajstić information content (AvgIpc) is 2.69. The largest absolute Gasteiger partial charge is 0.599 e. The Bertz CT molecular complexity index is 420. The van der Waals surface area contributed by atoms with Crippen LogP contribution in [0.1, 0.15) is 33.6 Å². The monoisotopic (exact) mass is 426 g/mol. The van der Waals surface area contributed by atoms with E-state index in [2.05, 4.69) is 13.8 Å². The summed E-state index contributed by atoms with van der Waals surface area (Å²) in [6.07, 6.45) is 1.46. The van der Waals surface area contributed by atoms with E-state index in [0.29, 0.717) is 6.54 Å². The fourth-order valence-electron chi connectivity index (χ4n) is 3.62. The number of carbonyl (C=O) groups excluding carboxylic acids is 1. The zero-order chi connectivity index (χ0) is 21.3. The van der Waals surface area contributed by atoms with Gasteiger partial charge in [0.2, 0.25) is 5.91 Å². The van der Waals surface area contributed by atoms with Crippen LogP contribution in [0.15, 0.2) is 0 Å². The van der Waals surface area contributed by atoms with Crippen molar-refractivity contribution >= 4 is 23.7 Å². The zero-order valence-corrected chi connectivity index (χ0v) is 20.2. The molecular formula is C16H38N2O7Si2. The van der Waals surface area contributed by atoms with E-state index in [-0.39, 0.29) is 11.6 Å². The first-order chi connectivity index (χ1) is 12.7. The molecule has 0 saturated heterocycles. The maximum Gasteiger partial charge on any atom is 0.599 e. The van der Waals surface area contributed by atoms with Gasteiger partial charge in [-0.2, -0.15) is 0 Å². The molecule has 27 heavy (non-hydrogen) atoms. The van der Waals surface area contributed by atoms with Gasteiger partial charge < -0.3 is 32.3 Å². The molecule has 0 aromatic heterocycles. The first kappa shape index (κ1) is 26.6. The van der Waals surface area contributed by atoms with E-state index >= 15 is 0 Å². The second-order valence-corrected chi connectivity index (χ2v) is 12.3. The van der Waals surface area contributed by atoms with E-state index in [1.807, 2.05) is 4.57 Å². The maximum atomic E-state index is 11.8. The number of hydrogen-bond acceptors (Lipinski definition) is 8. The summed E-state index contributed by atoms with van der Waals surface area (Å²) in [6.45, 7) is 6.21. The molecule has 0 heterocycles. The molecule has 0 spiro atoms. The van der Waals surface area contributed by atoms with Crippen molar-refractivity contribution in [1.29, 1.82) is 0 Å². The molecular weight excluding hydrogens is 388 g/mol. The number of rotatable bonds is 15. The zero-order valence-electron chi connectivity index (χ0n) is 18.2. The Labute approximate surface area is 166 Å². The van der Waals surface area contributed by atoms with Crippen molar-refractivity contribution in [2.45, 2.75) is 45.2 Å². The van der Waals surface area contributed by atoms with Crippen LogP contribution in [-0.2, 0) is 31.4 Å². The molecule has 9 nitrogen and oxygen atoms in total. The number of nitrogens with zero attached hydrogens (tertiary/aromatic N) is 1. The van der Waals surface area contributed by atoms with Crippen molar-refractivity contribution in [2.24, 2.45) is 11.7 Å². The second-order valence-electron chi connectivity index (χ2n) is 6.30. The van der Waals surface area contributed by atoms with Crippen LogP contribution >= 0.6 is 0 Å². The number of primary amides is 1. The van der Waals surface area contributed by atoms with Gasteiger partial charge in [-0.05, 0) is 12.8 Å². The molecule has 2 N–H and O–H groups in total. The highest BCUT2D eigenvalue weighted by molar-refractivity contribution is 6.63. The summed E-state index contributed by atoms with van der Waals surface area (Å²) in [5.41, 5.74) is 5.44. The summed E-state index contributed by atoms with van der Waals surface area (Å²) in [5, 5.41) is 0. The lowest BCUT2D eigenvalue weighted by atomic mass is 10.1. The van der Waals surface area contributed by atoms with E-state index in [1.165, 1.54) is 0 Å². The van der Waals surface area contributed by atoms with E-state index in [9.17, 15) is 4.79 Å². The minimum atomic E-state index is -3.25. The van der Waals surface area contributed by atoms with Crippen molar-refractivity contribution in [3.05, 3.63) is 0 Å². The van der Waals surface area contributed by atoms with Crippen LogP contribution in [0.4, 0.5) is 0 Å². The van der Waals surface area contributed by atoms with Gasteiger partial charge in [0.1, 0.15) is 0 Å². The molecule has 11 heteroatoms. The molecule has 0 bridgehead atoms. The van der Waals surface area contributed by atoms with Gasteiger partial charge in [0.15, 0.2) is 0 Å². The van der Waals surface area contributed by atoms with E-state index in [0.717, 1.165) is 12.8 Å². The van der Waals surface area contributed by atoms with Gasteiger partial charge in [-0.15, -0.1) is 0 Å². The van der Waals surface area contributed by atoms with Crippen LogP contribution in [0.25, 0.3) is 0 Å². The van der Waals surface area contributed by atoms with E-state index in [4.69, 9.17) is 32.3 Å². The quantitative estimate of drug-likeness (QED) is 0.390. The summed E-state index contributed by atoms with van der Waals surface area (Å²) in [4.78, 5) is 11.8. The van der Waals surface area contributed by atoms with E-state index < -0.39 is 29.6 Å². The minimum absolute atomic E-state index is 0.0881. The SMILES string of the molecule is CCC(C(CC)[Si](OC)(OC)OC)N(CC(C)C(N)=O)[Si](OC)(OC)OC. The van der Waals surface area contributed by atoms with Crippen LogP contribution in [-0.4, -0.2) is 83.5 Å². The molecule has 0 aliphatic rings. The fourth-order valence-corrected chi connectivity index (χ4v) is 9.03. The van der Waals surface area contributed by atoms with Crippen LogP contribution in [0.5, 0.6) is 0 Å². The smallest absolute Gasteiger partial charge is 0.377 e. The normalized spacial score (nSPS) is 16.4. The predicted octanol–water partition coefficient (Wildman–Crippen LogP) is 1.22. The van der Waals surface area contributed by atoms with Gasteiger partial charge in [0.25, 0.3) is 0 Å². The summed E-state index contributed by atoms with van der Waals surface area (Å²) in [7, 11) is 3.17. The maximum absolute atomic E-state index is 11.8. The van der Waals surface area contributed by atoms with Gasteiger partial charge in [0, 0.05) is 66.7 Å². The third kappa shape index (κ3) is 5.81. The molecule has 162 valence electrons. The Morgan fingerprint density at radius 1 is 0.889 bits per heavy atom. The lowest BCUT2D eigenvalue weighted by molar-refractivity contribution is -0.122. The Balaban J connectivity index is 6.31. The van der Waals surface area contributed by atoms with Crippen molar-refractivity contribution in [3.63, 3.8) is 0 Å². The summed E-state index contributed by atoms with van der Waals surface area (Å²) in [6, 6.07) is -0.130. The molecule has 0 fully saturated rings. The Kier molecular flexibility index (Phi) is 12.1. The molecule has 0 aromatic rings. The molecule has 0 saturated carbocycles. The summed E-state index contributed by atoms with van der Waals surface area (Å²) >= 11 is 0. The summed E-state index contributed by atoms with van der Waals surface area (Å²) in [5.74, 6) is -0.824. The molecule has 1 amide bonds. The van der Waals surface area contributed by atoms with Crippen molar-refractivity contribution in [3.8, 4) is 0 Å². The highest BCUT2D eigenvalue weighted by atomic mass is 28.4. The molecule has 3 unspecified atom stereocenters. The fraction of sp³-hybridized carbons (Fsp3) is 0.938. The Hall–Kier alpha value is -0.376. The third-order valence-corrected chi connectivity index (χ3v) is 11.3. The highest BCUT2D eigenvalue weighted by Crippen LogP contribution is 2.37. The first-order valence-electron chi connectivity index (χ1n) is 9.09. The van der Waals surface area contributed by atoms with E-state index in [1.54, 1.807) is 49.6 Å². The molecule has 0 rings (SSSR count). The van der Waals surface area contributed by atoms with Gasteiger partial charge in [-0.1, -0.05) is 20.8 Å². The van der Waals surface area contributed by atoms with Crippen LogP contribution in [0.3, 0.4) is 0 Å². The Morgan fingerprint density at radius 2 is 1.33 bits per heavy atom. The lowest BCUT2D eigenvalue weighted by Crippen LogP contribution is -2.67. The molecule has 0 aromatic carbocycles. The molecule has 0 aliphatic carbocycles. The van der Waals surface area contributed by atoms with Gasteiger partial charge in [-0.3, -0.25) is 9.36 Å². The Morgan fingerprint density at radius 3 is 1.59 bits per heavy atom. The van der Waals surface area contributed by atoms with Crippen molar-refractivity contribution in [1.82, 2.24) is 4.57 Å². The topological polar surface area (TPSA) is 102 Å². The number of carbonyl (C=O) groups is 1. The van der Waals surface area contributed by atoms with Crippen LogP contribution < -0.4 is 5.73 Å². The standard InChI is InChI=1S/C16H38N2O7Si2/c1-10-14(15(11-2)26(20-4,21-5)22-6)18(12-13(3)16(17)19)27(23-7,24-8)25-9/h13-15H,10-12H2,1-9H3,(H2,17,19). The second kappa shape index (κ2) is 12.2. The lowest BCUT2D eigenvalue weighted by Gasteiger charge is -2.46. The van der Waals surface area contributed by atoms with Crippen molar-refractivity contribution < 1.29 is 31.4 Å². The van der Waals surface area contributed by atoms with Crippen molar-refractivity contribution in [2.75, 3.05) is 49.2 Å². The number of nitrogens with two attached hydrogens (primary N) is 1. The average molecular weight is 427 g/mol. The summed E-state index contributed by atoms with van der Waals surface area (Å²) < 4.78 is 36.5. The van der Waals surface area contributed by atoms with Gasteiger partial charge >= 0.3 is 17.8 Å². The molecule has 0 aliphatic heterocycles. The first-order valence-corrected chi connectivity index (χ1v) is 12.6. The van der Waals surface area contributed by atoms with Crippen LogP contribution in [0, 0.1) is 5.92 Å². The number of amides is 1. The highest BCUT2D eigenvalue weighted by Gasteiger charge is 2.57. The molecule has 0 radical (unpaired) electrons. The minimum Gasteiger partial charge on any atom is -0.377 e. The number of hydrogen-bond donors (Lipinski definition) is 1.